The summed E-state index contributed by atoms with van der Waals surface area (Å²) in [6.07, 6.45) is 0. The fourth-order valence-electron chi connectivity index (χ4n) is 1.68. The molecule has 1 amide bonds. The Morgan fingerprint density at radius 2 is 2.05 bits per heavy atom. The number of nitrogen functional groups attached to an aromatic ring is 1. The molecule has 5 heteroatoms. The topological polar surface area (TPSA) is 55.1 Å². The van der Waals surface area contributed by atoms with Crippen molar-refractivity contribution in [1.82, 2.24) is 0 Å². The average Bonchev–Trinajstić information content (AvgIpc) is 2.36. The Hall–Kier alpha value is -1.52. The molecule has 0 radical (unpaired) electrons. The monoisotopic (exact) mass is 338 g/mol. The first-order chi connectivity index (χ1) is 8.99. The predicted octanol–water partition coefficient (Wildman–Crippen LogP) is 4.25. The van der Waals surface area contributed by atoms with Crippen LogP contribution in [0.2, 0.25) is 5.02 Å². The minimum Gasteiger partial charge on any atom is -0.399 e. The van der Waals surface area contributed by atoms with Crippen molar-refractivity contribution in [2.45, 2.75) is 6.92 Å². The number of nitrogens with one attached hydrogen (secondary N) is 1. The van der Waals surface area contributed by atoms with Gasteiger partial charge in [-0.3, -0.25) is 4.79 Å². The van der Waals surface area contributed by atoms with E-state index in [0.29, 0.717) is 22.0 Å². The van der Waals surface area contributed by atoms with Crippen molar-refractivity contribution in [2.75, 3.05) is 11.1 Å². The molecule has 0 bridgehead atoms. The summed E-state index contributed by atoms with van der Waals surface area (Å²) in [5.74, 6) is -0.203. The molecule has 2 rings (SSSR count). The number of nitrogens with two attached hydrogens (primary N) is 1. The van der Waals surface area contributed by atoms with Crippen molar-refractivity contribution >= 4 is 44.8 Å². The van der Waals surface area contributed by atoms with Gasteiger partial charge in [-0.05, 0) is 58.7 Å². The number of amides is 1. The van der Waals surface area contributed by atoms with Crippen LogP contribution in [0.4, 0.5) is 11.4 Å². The van der Waals surface area contributed by atoms with E-state index < -0.39 is 0 Å². The van der Waals surface area contributed by atoms with E-state index in [-0.39, 0.29) is 5.91 Å². The summed E-state index contributed by atoms with van der Waals surface area (Å²) in [5.41, 5.74) is 8.26. The molecule has 0 spiro atoms. The highest BCUT2D eigenvalue weighted by Gasteiger charge is 2.12. The van der Waals surface area contributed by atoms with Gasteiger partial charge in [-0.15, -0.1) is 0 Å². The first-order valence-electron chi connectivity index (χ1n) is 5.60. The van der Waals surface area contributed by atoms with Crippen molar-refractivity contribution in [3.05, 3.63) is 57.0 Å². The van der Waals surface area contributed by atoms with Gasteiger partial charge in [0.15, 0.2) is 0 Å². The van der Waals surface area contributed by atoms with Crippen LogP contribution in [-0.2, 0) is 0 Å². The number of hydrogen-bond donors (Lipinski definition) is 2. The summed E-state index contributed by atoms with van der Waals surface area (Å²) >= 11 is 9.37. The molecule has 0 aliphatic carbocycles. The smallest absolute Gasteiger partial charge is 0.256 e. The average molecular weight is 340 g/mol. The molecule has 0 aromatic heterocycles. The highest BCUT2D eigenvalue weighted by Crippen LogP contribution is 2.26. The fourth-order valence-corrected chi connectivity index (χ4v) is 2.35. The Balaban J connectivity index is 2.28. The Labute approximate surface area is 124 Å². The molecular weight excluding hydrogens is 328 g/mol. The molecule has 3 nitrogen and oxygen atoms in total. The summed E-state index contributed by atoms with van der Waals surface area (Å²) in [4.78, 5) is 12.2. The van der Waals surface area contributed by atoms with Gasteiger partial charge in [0.2, 0.25) is 0 Å². The zero-order valence-electron chi connectivity index (χ0n) is 10.2. The van der Waals surface area contributed by atoms with E-state index in [0.717, 1.165) is 10.0 Å². The molecule has 0 unspecified atom stereocenters. The molecule has 2 aromatic carbocycles. The number of carbonyl (C=O) groups excluding carboxylic acids is 1. The lowest BCUT2D eigenvalue weighted by Gasteiger charge is -2.10. The van der Waals surface area contributed by atoms with Crippen LogP contribution in [0.5, 0.6) is 0 Å². The van der Waals surface area contributed by atoms with E-state index in [4.69, 9.17) is 17.3 Å². The summed E-state index contributed by atoms with van der Waals surface area (Å²) in [7, 11) is 0. The molecule has 0 aliphatic rings. The first kappa shape index (κ1) is 13.9. The van der Waals surface area contributed by atoms with Gasteiger partial charge in [0.1, 0.15) is 0 Å². The molecule has 0 saturated heterocycles. The molecule has 0 aliphatic heterocycles. The summed E-state index contributed by atoms with van der Waals surface area (Å²) < 4.78 is 0.737. The van der Waals surface area contributed by atoms with E-state index >= 15 is 0 Å². The molecule has 0 saturated carbocycles. The van der Waals surface area contributed by atoms with E-state index in [2.05, 4.69) is 21.2 Å². The van der Waals surface area contributed by atoms with Gasteiger partial charge in [-0.2, -0.15) is 0 Å². The van der Waals surface area contributed by atoms with Gasteiger partial charge in [-0.1, -0.05) is 17.7 Å². The van der Waals surface area contributed by atoms with Crippen molar-refractivity contribution in [2.24, 2.45) is 0 Å². The maximum Gasteiger partial charge on any atom is 0.256 e. The van der Waals surface area contributed by atoms with E-state index in [9.17, 15) is 4.79 Å². The van der Waals surface area contributed by atoms with Crippen molar-refractivity contribution in [3.63, 3.8) is 0 Å². The third kappa shape index (κ3) is 3.08. The van der Waals surface area contributed by atoms with Crippen molar-refractivity contribution in [1.29, 1.82) is 0 Å². The number of hydrogen-bond acceptors (Lipinski definition) is 2. The van der Waals surface area contributed by atoms with Gasteiger partial charge in [0, 0.05) is 20.7 Å². The standard InChI is InChI=1S/C14H12BrClN2O/c1-8-10(3-2-4-12(8)16)14(19)18-13-6-5-9(17)7-11(13)15/h2-7H,17H2,1H3,(H,18,19). The minimum absolute atomic E-state index is 0.203. The van der Waals surface area contributed by atoms with Crippen LogP contribution in [0.1, 0.15) is 15.9 Å². The van der Waals surface area contributed by atoms with Gasteiger partial charge >= 0.3 is 0 Å². The Morgan fingerprint density at radius 1 is 1.32 bits per heavy atom. The first-order valence-corrected chi connectivity index (χ1v) is 6.77. The molecule has 0 heterocycles. The minimum atomic E-state index is -0.203. The molecule has 0 fully saturated rings. The third-order valence-corrected chi connectivity index (χ3v) is 3.82. The second-order valence-electron chi connectivity index (χ2n) is 4.11. The van der Waals surface area contributed by atoms with Crippen LogP contribution in [-0.4, -0.2) is 5.91 Å². The molecule has 2 aromatic rings. The zero-order valence-corrected chi connectivity index (χ0v) is 12.5. The number of carbonyl (C=O) groups is 1. The number of benzene rings is 2. The number of rotatable bonds is 2. The van der Waals surface area contributed by atoms with Gasteiger partial charge < -0.3 is 11.1 Å². The van der Waals surface area contributed by atoms with E-state index in [1.807, 2.05) is 6.92 Å². The molecule has 0 atom stereocenters. The van der Waals surface area contributed by atoms with Crippen LogP contribution >= 0.6 is 27.5 Å². The van der Waals surface area contributed by atoms with Crippen LogP contribution in [0, 0.1) is 6.92 Å². The van der Waals surface area contributed by atoms with E-state index in [1.54, 1.807) is 36.4 Å². The Morgan fingerprint density at radius 3 is 2.74 bits per heavy atom. The number of anilines is 2. The maximum absolute atomic E-state index is 12.2. The lowest BCUT2D eigenvalue weighted by atomic mass is 10.1. The van der Waals surface area contributed by atoms with E-state index in [1.165, 1.54) is 0 Å². The maximum atomic E-state index is 12.2. The third-order valence-electron chi connectivity index (χ3n) is 2.75. The molecule has 19 heavy (non-hydrogen) atoms. The fraction of sp³-hybridized carbons (Fsp3) is 0.0714. The normalized spacial score (nSPS) is 10.3. The van der Waals surface area contributed by atoms with Crippen LogP contribution in [0.15, 0.2) is 40.9 Å². The lowest BCUT2D eigenvalue weighted by molar-refractivity contribution is 0.102. The van der Waals surface area contributed by atoms with Gasteiger partial charge in [0.25, 0.3) is 5.91 Å². The summed E-state index contributed by atoms with van der Waals surface area (Å²) in [6.45, 7) is 1.81. The largest absolute Gasteiger partial charge is 0.399 e. The van der Waals surface area contributed by atoms with Crippen LogP contribution in [0.25, 0.3) is 0 Å². The zero-order chi connectivity index (χ0) is 14.0. The second kappa shape index (κ2) is 5.63. The highest BCUT2D eigenvalue weighted by atomic mass is 79.9. The van der Waals surface area contributed by atoms with Crippen LogP contribution in [0.3, 0.4) is 0 Å². The Kier molecular flexibility index (Phi) is 4.12. The second-order valence-corrected chi connectivity index (χ2v) is 5.37. The molecular formula is C14H12BrClN2O. The highest BCUT2D eigenvalue weighted by molar-refractivity contribution is 9.10. The van der Waals surface area contributed by atoms with Crippen molar-refractivity contribution < 1.29 is 4.79 Å². The summed E-state index contributed by atoms with van der Waals surface area (Å²) in [6, 6.07) is 10.5. The number of halogens is 2. The van der Waals surface area contributed by atoms with Gasteiger partial charge in [-0.25, -0.2) is 0 Å². The summed E-state index contributed by atoms with van der Waals surface area (Å²) in [5, 5.41) is 3.39. The van der Waals surface area contributed by atoms with Gasteiger partial charge in [0.05, 0.1) is 5.69 Å². The quantitative estimate of drug-likeness (QED) is 0.804. The van der Waals surface area contributed by atoms with Crippen molar-refractivity contribution in [3.8, 4) is 0 Å². The molecule has 98 valence electrons. The predicted molar refractivity (Wildman–Crippen MR) is 82.7 cm³/mol. The molecule has 3 N–H and O–H groups in total. The lowest BCUT2D eigenvalue weighted by Crippen LogP contribution is -2.13. The SMILES string of the molecule is Cc1c(Cl)cccc1C(=O)Nc1ccc(N)cc1Br. The Bertz CT molecular complexity index is 643. The van der Waals surface area contributed by atoms with Crippen LogP contribution < -0.4 is 11.1 Å².